The highest BCUT2D eigenvalue weighted by Gasteiger charge is 2.35. The Balaban J connectivity index is 1.51. The number of rotatable bonds is 5. The molecule has 1 aliphatic rings. The SMILES string of the molecule is CC(NC(=O)C1(C)C=Cc2c(cccc2Oc2ccc(C(F)(F)F)cc2)C1)c1ncc[nH]1. The van der Waals surface area contributed by atoms with Gasteiger partial charge in [-0.1, -0.05) is 24.3 Å². The summed E-state index contributed by atoms with van der Waals surface area (Å²) >= 11 is 0. The third kappa shape index (κ3) is 4.39. The second-order valence-corrected chi connectivity index (χ2v) is 8.05. The molecule has 5 nitrogen and oxygen atoms in total. The molecule has 166 valence electrons. The Morgan fingerprint density at radius 1 is 1.22 bits per heavy atom. The van der Waals surface area contributed by atoms with E-state index in [-0.39, 0.29) is 11.9 Å². The van der Waals surface area contributed by atoms with Gasteiger partial charge in [0.15, 0.2) is 0 Å². The summed E-state index contributed by atoms with van der Waals surface area (Å²) in [7, 11) is 0. The molecule has 2 atom stereocenters. The van der Waals surface area contributed by atoms with Gasteiger partial charge in [-0.25, -0.2) is 4.98 Å². The molecule has 3 aromatic rings. The van der Waals surface area contributed by atoms with Crippen LogP contribution in [-0.4, -0.2) is 15.9 Å². The fourth-order valence-electron chi connectivity index (χ4n) is 3.68. The quantitative estimate of drug-likeness (QED) is 0.536. The predicted molar refractivity (Wildman–Crippen MR) is 114 cm³/mol. The number of amides is 1. The molecule has 2 N–H and O–H groups in total. The highest BCUT2D eigenvalue weighted by molar-refractivity contribution is 5.87. The number of hydrogen-bond acceptors (Lipinski definition) is 3. The molecule has 1 aromatic heterocycles. The van der Waals surface area contributed by atoms with Gasteiger partial charge in [0.25, 0.3) is 0 Å². The van der Waals surface area contributed by atoms with E-state index in [2.05, 4.69) is 15.3 Å². The second-order valence-electron chi connectivity index (χ2n) is 8.05. The van der Waals surface area contributed by atoms with Crippen LogP contribution in [-0.2, 0) is 17.4 Å². The molecule has 1 heterocycles. The molecule has 0 aliphatic heterocycles. The van der Waals surface area contributed by atoms with Gasteiger partial charge in [0, 0.05) is 18.0 Å². The van der Waals surface area contributed by atoms with Gasteiger partial charge in [-0.05, 0) is 56.2 Å². The van der Waals surface area contributed by atoms with Crippen LogP contribution in [0.25, 0.3) is 6.08 Å². The molecule has 0 radical (unpaired) electrons. The molecule has 0 saturated carbocycles. The number of halogens is 3. The summed E-state index contributed by atoms with van der Waals surface area (Å²) < 4.78 is 44.2. The second kappa shape index (κ2) is 8.18. The number of carbonyl (C=O) groups excluding carboxylic acids is 1. The van der Waals surface area contributed by atoms with Crippen LogP contribution in [0.3, 0.4) is 0 Å². The highest BCUT2D eigenvalue weighted by Crippen LogP contribution is 2.39. The van der Waals surface area contributed by atoms with E-state index in [0.29, 0.717) is 23.7 Å². The van der Waals surface area contributed by atoms with Crippen molar-refractivity contribution in [2.45, 2.75) is 32.5 Å². The van der Waals surface area contributed by atoms with E-state index in [9.17, 15) is 18.0 Å². The lowest BCUT2D eigenvalue weighted by atomic mass is 9.77. The lowest BCUT2D eigenvalue weighted by Crippen LogP contribution is -2.41. The average molecular weight is 441 g/mol. The largest absolute Gasteiger partial charge is 0.457 e. The molecular formula is C24H22F3N3O2. The summed E-state index contributed by atoms with van der Waals surface area (Å²) in [5.74, 6) is 1.37. The van der Waals surface area contributed by atoms with E-state index in [1.165, 1.54) is 12.1 Å². The Labute approximate surface area is 183 Å². The molecular weight excluding hydrogens is 419 g/mol. The van der Waals surface area contributed by atoms with Gasteiger partial charge in [0.1, 0.15) is 17.3 Å². The van der Waals surface area contributed by atoms with E-state index >= 15 is 0 Å². The number of carbonyl (C=O) groups is 1. The number of aromatic nitrogens is 2. The zero-order chi connectivity index (χ0) is 22.9. The topological polar surface area (TPSA) is 67.0 Å². The van der Waals surface area contributed by atoms with E-state index in [1.807, 2.05) is 32.1 Å². The number of fused-ring (bicyclic) bond motifs is 1. The van der Waals surface area contributed by atoms with Crippen molar-refractivity contribution in [3.63, 3.8) is 0 Å². The van der Waals surface area contributed by atoms with Gasteiger partial charge in [-0.15, -0.1) is 0 Å². The van der Waals surface area contributed by atoms with Crippen molar-refractivity contribution in [2.24, 2.45) is 5.41 Å². The molecule has 1 amide bonds. The Morgan fingerprint density at radius 2 is 1.97 bits per heavy atom. The van der Waals surface area contributed by atoms with Crippen molar-refractivity contribution < 1.29 is 22.7 Å². The standard InChI is InChI=1S/C24H22F3N3O2/c1-15(21-28-12-13-29-21)30-22(31)23(2)11-10-19-16(14-23)4-3-5-20(19)32-18-8-6-17(7-9-18)24(25,26)27/h3-13,15H,14H2,1-2H3,(H,28,29)(H,30,31). The van der Waals surface area contributed by atoms with Crippen LogP contribution in [0.1, 0.15) is 42.4 Å². The van der Waals surface area contributed by atoms with Gasteiger partial charge in [-0.3, -0.25) is 4.79 Å². The van der Waals surface area contributed by atoms with Crippen molar-refractivity contribution in [1.29, 1.82) is 0 Å². The smallest absolute Gasteiger partial charge is 0.416 e. The molecule has 0 spiro atoms. The molecule has 0 fully saturated rings. The van der Waals surface area contributed by atoms with E-state index in [4.69, 9.17) is 4.74 Å². The van der Waals surface area contributed by atoms with Crippen molar-refractivity contribution in [1.82, 2.24) is 15.3 Å². The highest BCUT2D eigenvalue weighted by atomic mass is 19.4. The first-order chi connectivity index (χ1) is 15.2. The van der Waals surface area contributed by atoms with E-state index < -0.39 is 17.2 Å². The Bertz CT molecular complexity index is 1140. The maximum absolute atomic E-state index is 13.0. The Hall–Kier alpha value is -3.55. The van der Waals surface area contributed by atoms with Crippen LogP contribution >= 0.6 is 0 Å². The van der Waals surface area contributed by atoms with Crippen molar-refractivity contribution in [2.75, 3.05) is 0 Å². The van der Waals surface area contributed by atoms with Gasteiger partial charge >= 0.3 is 6.18 Å². The van der Waals surface area contributed by atoms with Gasteiger partial charge in [0.2, 0.25) is 5.91 Å². The number of alkyl halides is 3. The van der Waals surface area contributed by atoms with E-state index in [0.717, 1.165) is 23.3 Å². The number of nitrogens with zero attached hydrogens (tertiary/aromatic N) is 1. The summed E-state index contributed by atoms with van der Waals surface area (Å²) in [4.78, 5) is 20.2. The zero-order valence-electron chi connectivity index (χ0n) is 17.5. The Morgan fingerprint density at radius 3 is 2.62 bits per heavy atom. The van der Waals surface area contributed by atoms with Crippen LogP contribution in [0.15, 0.2) is 60.9 Å². The van der Waals surface area contributed by atoms with Crippen molar-refractivity contribution in [3.8, 4) is 11.5 Å². The molecule has 0 bridgehead atoms. The number of aromatic amines is 1. The summed E-state index contributed by atoms with van der Waals surface area (Å²) in [5, 5.41) is 2.99. The van der Waals surface area contributed by atoms with Gasteiger partial charge < -0.3 is 15.0 Å². The first-order valence-corrected chi connectivity index (χ1v) is 10.1. The number of imidazole rings is 1. The average Bonchev–Trinajstić information content (AvgIpc) is 3.28. The van der Waals surface area contributed by atoms with Crippen molar-refractivity contribution in [3.05, 3.63) is 83.4 Å². The fourth-order valence-corrected chi connectivity index (χ4v) is 3.68. The fraction of sp³-hybridized carbons (Fsp3) is 0.250. The third-order valence-electron chi connectivity index (χ3n) is 5.54. The molecule has 1 aliphatic carbocycles. The first-order valence-electron chi connectivity index (χ1n) is 10.1. The molecule has 2 unspecified atom stereocenters. The van der Waals surface area contributed by atoms with Gasteiger partial charge in [0.05, 0.1) is 17.0 Å². The summed E-state index contributed by atoms with van der Waals surface area (Å²) in [6.45, 7) is 3.72. The normalized spacial score (nSPS) is 18.7. The third-order valence-corrected chi connectivity index (χ3v) is 5.54. The summed E-state index contributed by atoms with van der Waals surface area (Å²) in [6.07, 6.45) is 3.06. The van der Waals surface area contributed by atoms with Crippen LogP contribution in [0.2, 0.25) is 0 Å². The van der Waals surface area contributed by atoms with Crippen LogP contribution < -0.4 is 10.1 Å². The molecule has 32 heavy (non-hydrogen) atoms. The zero-order valence-corrected chi connectivity index (χ0v) is 17.5. The molecule has 0 saturated heterocycles. The minimum Gasteiger partial charge on any atom is -0.457 e. The van der Waals surface area contributed by atoms with Crippen LogP contribution in [0.4, 0.5) is 13.2 Å². The summed E-state index contributed by atoms with van der Waals surface area (Å²) in [5.41, 5.74) is 0.225. The molecule has 4 rings (SSSR count). The van der Waals surface area contributed by atoms with E-state index in [1.54, 1.807) is 24.5 Å². The Kier molecular flexibility index (Phi) is 5.54. The first kappa shape index (κ1) is 21.7. The number of hydrogen-bond donors (Lipinski definition) is 2. The molecule has 8 heteroatoms. The van der Waals surface area contributed by atoms with Gasteiger partial charge in [-0.2, -0.15) is 13.2 Å². The van der Waals surface area contributed by atoms with Crippen molar-refractivity contribution >= 4 is 12.0 Å². The van der Waals surface area contributed by atoms with Crippen LogP contribution in [0, 0.1) is 5.41 Å². The lowest BCUT2D eigenvalue weighted by Gasteiger charge is -2.31. The summed E-state index contributed by atoms with van der Waals surface area (Å²) in [6, 6.07) is 9.78. The minimum atomic E-state index is -4.40. The minimum absolute atomic E-state index is 0.127. The number of benzene rings is 2. The maximum Gasteiger partial charge on any atom is 0.416 e. The lowest BCUT2D eigenvalue weighted by molar-refractivity contribution is -0.137. The number of H-pyrrole nitrogens is 1. The van der Waals surface area contributed by atoms with Crippen LogP contribution in [0.5, 0.6) is 11.5 Å². The molecule has 2 aromatic carbocycles. The number of nitrogens with one attached hydrogen (secondary N) is 2. The number of ether oxygens (including phenoxy) is 1. The predicted octanol–water partition coefficient (Wildman–Crippen LogP) is 5.67. The monoisotopic (exact) mass is 441 g/mol. The maximum atomic E-state index is 13.0.